The minimum absolute atomic E-state index is 0.112. The molecule has 0 fully saturated rings. The Kier molecular flexibility index (Phi) is 5.21. The standard InChI is InChI=1S/C18H19FN6O3/c1-11-17(25(27)28)12(2)24(22-11)10-15(26)21-16(18-20-7-8-23(18)3)13-5-4-6-14(19)9-13/h4-9,16H,10H2,1-3H3,(H,21,26)/t16-/m0/s1. The Balaban J connectivity index is 1.88. The maximum atomic E-state index is 13.7. The fourth-order valence-electron chi connectivity index (χ4n) is 3.09. The van der Waals surface area contributed by atoms with Gasteiger partial charge in [0.15, 0.2) is 0 Å². The van der Waals surface area contributed by atoms with Gasteiger partial charge in [-0.15, -0.1) is 0 Å². The molecule has 1 N–H and O–H groups in total. The van der Waals surface area contributed by atoms with E-state index in [4.69, 9.17) is 0 Å². The van der Waals surface area contributed by atoms with E-state index >= 15 is 0 Å². The normalized spacial score (nSPS) is 12.0. The Hall–Kier alpha value is -3.56. The van der Waals surface area contributed by atoms with Crippen LogP contribution in [0.2, 0.25) is 0 Å². The molecule has 9 nitrogen and oxygen atoms in total. The number of hydrogen-bond acceptors (Lipinski definition) is 5. The smallest absolute Gasteiger partial charge is 0.312 e. The second-order valence-electron chi connectivity index (χ2n) is 6.39. The van der Waals surface area contributed by atoms with Gasteiger partial charge in [0.2, 0.25) is 5.91 Å². The van der Waals surface area contributed by atoms with Crippen LogP contribution < -0.4 is 5.32 Å². The van der Waals surface area contributed by atoms with Crippen molar-refractivity contribution in [1.82, 2.24) is 24.6 Å². The van der Waals surface area contributed by atoms with Gasteiger partial charge in [-0.1, -0.05) is 12.1 Å². The highest BCUT2D eigenvalue weighted by molar-refractivity contribution is 5.76. The lowest BCUT2D eigenvalue weighted by molar-refractivity contribution is -0.386. The van der Waals surface area contributed by atoms with Gasteiger partial charge in [0.25, 0.3) is 0 Å². The van der Waals surface area contributed by atoms with Gasteiger partial charge in [-0.25, -0.2) is 9.37 Å². The van der Waals surface area contributed by atoms with Crippen molar-refractivity contribution in [2.24, 2.45) is 7.05 Å². The Bertz CT molecular complexity index is 1040. The summed E-state index contributed by atoms with van der Waals surface area (Å²) in [4.78, 5) is 27.5. The van der Waals surface area contributed by atoms with Gasteiger partial charge in [-0.05, 0) is 31.5 Å². The summed E-state index contributed by atoms with van der Waals surface area (Å²) in [5.41, 5.74) is 0.943. The zero-order valence-electron chi connectivity index (χ0n) is 15.6. The molecule has 0 aliphatic heterocycles. The number of carbonyl (C=O) groups excluding carboxylic acids is 1. The number of carbonyl (C=O) groups is 1. The number of halogens is 1. The van der Waals surface area contributed by atoms with Crippen molar-refractivity contribution in [2.75, 3.05) is 0 Å². The molecule has 28 heavy (non-hydrogen) atoms. The van der Waals surface area contributed by atoms with Gasteiger partial charge in [0.1, 0.15) is 35.6 Å². The van der Waals surface area contributed by atoms with Crippen LogP contribution in [0.1, 0.15) is 28.8 Å². The van der Waals surface area contributed by atoms with Crippen molar-refractivity contribution in [1.29, 1.82) is 0 Å². The molecule has 146 valence electrons. The van der Waals surface area contributed by atoms with Crippen molar-refractivity contribution in [3.05, 3.63) is 75.4 Å². The molecule has 0 aliphatic rings. The third kappa shape index (κ3) is 3.75. The summed E-state index contributed by atoms with van der Waals surface area (Å²) in [5.74, 6) is -0.337. The molecule has 2 heterocycles. The summed E-state index contributed by atoms with van der Waals surface area (Å²) in [5, 5.41) is 18.0. The number of hydrogen-bond donors (Lipinski definition) is 1. The van der Waals surface area contributed by atoms with Crippen LogP contribution in [0, 0.1) is 29.8 Å². The lowest BCUT2D eigenvalue weighted by Crippen LogP contribution is -2.34. The highest BCUT2D eigenvalue weighted by atomic mass is 19.1. The number of nitrogens with zero attached hydrogens (tertiary/aromatic N) is 5. The van der Waals surface area contributed by atoms with E-state index in [1.165, 1.54) is 30.7 Å². The minimum atomic E-state index is -0.685. The van der Waals surface area contributed by atoms with Crippen molar-refractivity contribution < 1.29 is 14.1 Å². The first-order valence-corrected chi connectivity index (χ1v) is 8.48. The SMILES string of the molecule is Cc1nn(CC(=O)N[C@@H](c2cccc(F)c2)c2nccn2C)c(C)c1[N+](=O)[O-]. The first-order valence-electron chi connectivity index (χ1n) is 8.48. The Morgan fingerprint density at radius 1 is 1.39 bits per heavy atom. The maximum absolute atomic E-state index is 13.7. The third-order valence-electron chi connectivity index (χ3n) is 4.42. The number of aryl methyl sites for hydroxylation is 2. The molecular formula is C18H19FN6O3. The minimum Gasteiger partial charge on any atom is -0.340 e. The lowest BCUT2D eigenvalue weighted by Gasteiger charge is -2.19. The Labute approximate surface area is 160 Å². The second kappa shape index (κ2) is 7.59. The largest absolute Gasteiger partial charge is 0.340 e. The van der Waals surface area contributed by atoms with E-state index in [0.717, 1.165) is 0 Å². The molecule has 0 unspecified atom stereocenters. The molecule has 0 saturated carbocycles. The van der Waals surface area contributed by atoms with Crippen LogP contribution in [0.15, 0.2) is 36.7 Å². The lowest BCUT2D eigenvalue weighted by atomic mass is 10.1. The van der Waals surface area contributed by atoms with E-state index in [2.05, 4.69) is 15.4 Å². The summed E-state index contributed by atoms with van der Waals surface area (Å²) in [6.45, 7) is 2.84. The van der Waals surface area contributed by atoms with Crippen LogP contribution in [-0.2, 0) is 18.4 Å². The first-order chi connectivity index (χ1) is 13.3. The summed E-state index contributed by atoms with van der Waals surface area (Å²) < 4.78 is 16.7. The maximum Gasteiger partial charge on any atom is 0.312 e. The average molecular weight is 386 g/mol. The van der Waals surface area contributed by atoms with Crippen LogP contribution in [0.25, 0.3) is 0 Å². The highest BCUT2D eigenvalue weighted by Gasteiger charge is 2.25. The summed E-state index contributed by atoms with van der Waals surface area (Å²) in [6.07, 6.45) is 3.30. The Morgan fingerprint density at radius 2 is 2.14 bits per heavy atom. The van der Waals surface area contributed by atoms with Crippen molar-refractivity contribution in [2.45, 2.75) is 26.4 Å². The second-order valence-corrected chi connectivity index (χ2v) is 6.39. The number of aromatic nitrogens is 4. The van der Waals surface area contributed by atoms with E-state index in [0.29, 0.717) is 11.4 Å². The van der Waals surface area contributed by atoms with E-state index in [9.17, 15) is 19.3 Å². The van der Waals surface area contributed by atoms with E-state index < -0.39 is 22.7 Å². The molecule has 10 heteroatoms. The molecule has 1 aromatic carbocycles. The van der Waals surface area contributed by atoms with E-state index in [1.54, 1.807) is 36.1 Å². The molecule has 3 rings (SSSR count). The average Bonchev–Trinajstić information content (AvgIpc) is 3.15. The molecule has 3 aromatic rings. The van der Waals surface area contributed by atoms with Crippen molar-refractivity contribution in [3.8, 4) is 0 Å². The molecule has 2 aromatic heterocycles. The van der Waals surface area contributed by atoms with Gasteiger partial charge in [-0.3, -0.25) is 19.6 Å². The number of nitro groups is 1. The van der Waals surface area contributed by atoms with Crippen molar-refractivity contribution >= 4 is 11.6 Å². The molecule has 0 aliphatic carbocycles. The molecule has 0 saturated heterocycles. The van der Waals surface area contributed by atoms with Gasteiger partial charge in [0, 0.05) is 19.4 Å². The topological polar surface area (TPSA) is 108 Å². The van der Waals surface area contributed by atoms with Crippen LogP contribution in [0.4, 0.5) is 10.1 Å². The number of amides is 1. The zero-order chi connectivity index (χ0) is 20.4. The monoisotopic (exact) mass is 386 g/mol. The fraction of sp³-hybridized carbons (Fsp3) is 0.278. The fourth-order valence-corrected chi connectivity index (χ4v) is 3.09. The molecule has 0 radical (unpaired) electrons. The summed E-state index contributed by atoms with van der Waals surface area (Å²) >= 11 is 0. The van der Waals surface area contributed by atoms with Crippen LogP contribution >= 0.6 is 0 Å². The summed E-state index contributed by atoms with van der Waals surface area (Å²) in [7, 11) is 1.77. The van der Waals surface area contributed by atoms with Gasteiger partial charge in [0.05, 0.1) is 4.92 Å². The quantitative estimate of drug-likeness (QED) is 0.516. The van der Waals surface area contributed by atoms with Crippen LogP contribution in [0.5, 0.6) is 0 Å². The highest BCUT2D eigenvalue weighted by Crippen LogP contribution is 2.23. The first kappa shape index (κ1) is 19.2. The van der Waals surface area contributed by atoms with Gasteiger partial charge in [-0.2, -0.15) is 5.10 Å². The van der Waals surface area contributed by atoms with Gasteiger partial charge >= 0.3 is 5.69 Å². The Morgan fingerprint density at radius 3 is 2.71 bits per heavy atom. The predicted molar refractivity (Wildman–Crippen MR) is 97.9 cm³/mol. The summed E-state index contributed by atoms with van der Waals surface area (Å²) in [6, 6.07) is 5.20. The molecule has 1 atom stereocenters. The predicted octanol–water partition coefficient (Wildman–Crippen LogP) is 2.19. The number of imidazole rings is 1. The number of rotatable bonds is 6. The molecule has 0 spiro atoms. The number of nitrogens with one attached hydrogen (secondary N) is 1. The zero-order valence-corrected chi connectivity index (χ0v) is 15.6. The molecular weight excluding hydrogens is 367 g/mol. The van der Waals surface area contributed by atoms with Crippen LogP contribution in [-0.4, -0.2) is 30.2 Å². The van der Waals surface area contributed by atoms with E-state index in [1.807, 2.05) is 0 Å². The molecule has 1 amide bonds. The third-order valence-corrected chi connectivity index (χ3v) is 4.42. The van der Waals surface area contributed by atoms with Crippen molar-refractivity contribution in [3.63, 3.8) is 0 Å². The van der Waals surface area contributed by atoms with Crippen LogP contribution in [0.3, 0.4) is 0 Å². The van der Waals surface area contributed by atoms with E-state index in [-0.39, 0.29) is 23.6 Å². The number of benzene rings is 1. The molecule has 0 bridgehead atoms. The van der Waals surface area contributed by atoms with Gasteiger partial charge < -0.3 is 9.88 Å².